The second kappa shape index (κ2) is 7.51. The van der Waals surface area contributed by atoms with Crippen LogP contribution in [0.15, 0.2) is 54.7 Å². The van der Waals surface area contributed by atoms with E-state index in [9.17, 15) is 9.18 Å². The molecule has 6 nitrogen and oxygen atoms in total. The van der Waals surface area contributed by atoms with Crippen LogP contribution in [0.4, 0.5) is 15.8 Å². The number of halogens is 1. The van der Waals surface area contributed by atoms with Gasteiger partial charge in [0.05, 0.1) is 29.2 Å². The Morgan fingerprint density at radius 1 is 1.03 bits per heavy atom. The number of carbonyl (C=O) groups is 1. The number of benzene rings is 2. The van der Waals surface area contributed by atoms with Crippen molar-refractivity contribution in [1.82, 2.24) is 14.7 Å². The number of pyridine rings is 1. The molecule has 0 bridgehead atoms. The third-order valence-electron chi connectivity index (χ3n) is 5.02. The Morgan fingerprint density at radius 3 is 2.47 bits per heavy atom. The molecule has 152 valence electrons. The second-order valence-corrected chi connectivity index (χ2v) is 7.35. The molecule has 4 rings (SSSR count). The average molecular weight is 403 g/mol. The molecule has 2 aromatic heterocycles. The van der Waals surface area contributed by atoms with E-state index in [0.717, 1.165) is 39.8 Å². The number of carbonyl (C=O) groups excluding carboxylic acids is 1. The zero-order valence-corrected chi connectivity index (χ0v) is 16.7. The maximum Gasteiger partial charge on any atom is 0.253 e. The van der Waals surface area contributed by atoms with Crippen LogP contribution in [0.3, 0.4) is 0 Å². The monoisotopic (exact) mass is 403 g/mol. The maximum absolute atomic E-state index is 13.8. The first-order chi connectivity index (χ1) is 14.3. The number of nitrogens with two attached hydrogens (primary N) is 2. The van der Waals surface area contributed by atoms with Crippen LogP contribution >= 0.6 is 0 Å². The van der Waals surface area contributed by atoms with Gasteiger partial charge in [-0.3, -0.25) is 4.79 Å². The predicted molar refractivity (Wildman–Crippen MR) is 116 cm³/mol. The van der Waals surface area contributed by atoms with Gasteiger partial charge in [-0.15, -0.1) is 0 Å². The Labute approximate surface area is 173 Å². The van der Waals surface area contributed by atoms with Crippen molar-refractivity contribution < 1.29 is 9.18 Å². The minimum absolute atomic E-state index is 0.0450. The number of rotatable bonds is 4. The van der Waals surface area contributed by atoms with Gasteiger partial charge in [-0.1, -0.05) is 35.9 Å². The Hall–Kier alpha value is -3.87. The molecule has 0 atom stereocenters. The first-order valence-corrected chi connectivity index (χ1v) is 9.51. The average Bonchev–Trinajstić information content (AvgIpc) is 3.07. The molecule has 0 aliphatic heterocycles. The van der Waals surface area contributed by atoms with Crippen molar-refractivity contribution in [2.75, 3.05) is 11.5 Å². The zero-order chi connectivity index (χ0) is 21.4. The number of anilines is 2. The van der Waals surface area contributed by atoms with E-state index < -0.39 is 11.7 Å². The lowest BCUT2D eigenvalue weighted by Gasteiger charge is -2.11. The van der Waals surface area contributed by atoms with E-state index in [-0.39, 0.29) is 23.5 Å². The van der Waals surface area contributed by atoms with E-state index in [1.54, 1.807) is 0 Å². The normalized spacial score (nSPS) is 11.0. The third kappa shape index (κ3) is 3.57. The van der Waals surface area contributed by atoms with Crippen LogP contribution in [-0.2, 0) is 6.54 Å². The van der Waals surface area contributed by atoms with Crippen molar-refractivity contribution in [3.63, 3.8) is 0 Å². The van der Waals surface area contributed by atoms with E-state index in [0.29, 0.717) is 0 Å². The topological polar surface area (TPSA) is 98.4 Å². The summed E-state index contributed by atoms with van der Waals surface area (Å²) < 4.78 is 15.8. The van der Waals surface area contributed by atoms with Crippen LogP contribution in [0.1, 0.15) is 27.2 Å². The van der Waals surface area contributed by atoms with E-state index >= 15 is 0 Å². The van der Waals surface area contributed by atoms with Crippen molar-refractivity contribution in [1.29, 1.82) is 0 Å². The number of aryl methyl sites for hydroxylation is 2. The first kappa shape index (κ1) is 19.4. The molecule has 0 radical (unpaired) electrons. The smallest absolute Gasteiger partial charge is 0.253 e. The fourth-order valence-corrected chi connectivity index (χ4v) is 3.37. The molecular formula is C23H22FN5O. The standard InChI is InChI=1S/C23H22FN5O/c1-13-3-6-15(7-4-13)22-20(29-12-14(2)5-8-21(29)28-22)11-27-23(30)16-9-17(24)19(26)10-18(16)25/h3-10,12H,11,25-26H2,1-2H3,(H,27,30). The number of nitrogens with one attached hydrogen (secondary N) is 1. The molecule has 0 aliphatic carbocycles. The number of aromatic nitrogens is 2. The lowest BCUT2D eigenvalue weighted by molar-refractivity contribution is 0.0951. The van der Waals surface area contributed by atoms with E-state index in [4.69, 9.17) is 16.5 Å². The van der Waals surface area contributed by atoms with Crippen LogP contribution in [0.5, 0.6) is 0 Å². The van der Waals surface area contributed by atoms with E-state index in [1.165, 1.54) is 6.07 Å². The van der Waals surface area contributed by atoms with Crippen molar-refractivity contribution in [2.45, 2.75) is 20.4 Å². The van der Waals surface area contributed by atoms with Crippen LogP contribution in [0, 0.1) is 19.7 Å². The van der Waals surface area contributed by atoms with Gasteiger partial charge in [0, 0.05) is 17.4 Å². The van der Waals surface area contributed by atoms with Gasteiger partial charge in [-0.05, 0) is 37.6 Å². The SMILES string of the molecule is Cc1ccc(-c2nc3ccc(C)cn3c2CNC(=O)c2cc(F)c(N)cc2N)cc1. The highest BCUT2D eigenvalue weighted by Crippen LogP contribution is 2.26. The number of hydrogen-bond acceptors (Lipinski definition) is 4. The summed E-state index contributed by atoms with van der Waals surface area (Å²) >= 11 is 0. The van der Waals surface area contributed by atoms with Crippen molar-refractivity contribution in [3.8, 4) is 11.3 Å². The van der Waals surface area contributed by atoms with Crippen LogP contribution in [0.2, 0.25) is 0 Å². The molecule has 2 heterocycles. The summed E-state index contributed by atoms with van der Waals surface area (Å²) in [6.07, 6.45) is 1.97. The molecular weight excluding hydrogens is 381 g/mol. The third-order valence-corrected chi connectivity index (χ3v) is 5.02. The lowest BCUT2D eigenvalue weighted by atomic mass is 10.1. The van der Waals surface area contributed by atoms with E-state index in [1.807, 2.05) is 60.8 Å². The summed E-state index contributed by atoms with van der Waals surface area (Å²) in [5, 5.41) is 2.83. The fraction of sp³-hybridized carbons (Fsp3) is 0.130. The van der Waals surface area contributed by atoms with E-state index in [2.05, 4.69) is 5.32 Å². The zero-order valence-electron chi connectivity index (χ0n) is 16.7. The Balaban J connectivity index is 1.72. The molecule has 5 N–H and O–H groups in total. The van der Waals surface area contributed by atoms with Crippen LogP contribution in [0.25, 0.3) is 16.9 Å². The van der Waals surface area contributed by atoms with Gasteiger partial charge in [0.25, 0.3) is 5.91 Å². The molecule has 0 aliphatic rings. The number of nitrogen functional groups attached to an aromatic ring is 2. The van der Waals surface area contributed by atoms with Gasteiger partial charge >= 0.3 is 0 Å². The van der Waals surface area contributed by atoms with Crippen molar-refractivity contribution >= 4 is 22.9 Å². The quantitative estimate of drug-likeness (QED) is 0.451. The van der Waals surface area contributed by atoms with Crippen LogP contribution < -0.4 is 16.8 Å². The minimum Gasteiger partial charge on any atom is -0.398 e. The molecule has 0 saturated carbocycles. The minimum atomic E-state index is -0.680. The van der Waals surface area contributed by atoms with Gasteiger partial charge in [0.15, 0.2) is 0 Å². The van der Waals surface area contributed by atoms with Gasteiger partial charge < -0.3 is 21.2 Å². The summed E-state index contributed by atoms with van der Waals surface area (Å²) in [7, 11) is 0. The highest BCUT2D eigenvalue weighted by molar-refractivity contribution is 5.99. The Kier molecular flexibility index (Phi) is 4.87. The highest BCUT2D eigenvalue weighted by Gasteiger charge is 2.17. The molecule has 0 spiro atoms. The molecule has 0 fully saturated rings. The fourth-order valence-electron chi connectivity index (χ4n) is 3.37. The highest BCUT2D eigenvalue weighted by atomic mass is 19.1. The van der Waals surface area contributed by atoms with Gasteiger partial charge in [-0.2, -0.15) is 0 Å². The number of fused-ring (bicyclic) bond motifs is 1. The maximum atomic E-state index is 13.8. The number of hydrogen-bond donors (Lipinski definition) is 3. The van der Waals surface area contributed by atoms with Gasteiger partial charge in [-0.25, -0.2) is 9.37 Å². The largest absolute Gasteiger partial charge is 0.398 e. The summed E-state index contributed by atoms with van der Waals surface area (Å²) in [5.41, 5.74) is 17.0. The molecule has 0 saturated heterocycles. The molecule has 0 unspecified atom stereocenters. The molecule has 7 heteroatoms. The summed E-state index contributed by atoms with van der Waals surface area (Å²) in [6, 6.07) is 14.3. The second-order valence-electron chi connectivity index (χ2n) is 7.35. The van der Waals surface area contributed by atoms with Gasteiger partial charge in [0.1, 0.15) is 11.5 Å². The number of nitrogens with zero attached hydrogens (tertiary/aromatic N) is 2. The summed E-state index contributed by atoms with van der Waals surface area (Å²) in [4.78, 5) is 17.4. The van der Waals surface area contributed by atoms with Crippen molar-refractivity contribution in [2.24, 2.45) is 0 Å². The Morgan fingerprint density at radius 2 is 1.73 bits per heavy atom. The van der Waals surface area contributed by atoms with Crippen molar-refractivity contribution in [3.05, 3.63) is 82.9 Å². The predicted octanol–water partition coefficient (Wildman–Crippen LogP) is 3.85. The summed E-state index contributed by atoms with van der Waals surface area (Å²) in [6.45, 7) is 4.21. The first-order valence-electron chi connectivity index (χ1n) is 9.51. The molecule has 4 aromatic rings. The van der Waals surface area contributed by atoms with Gasteiger partial charge in [0.2, 0.25) is 0 Å². The summed E-state index contributed by atoms with van der Waals surface area (Å²) in [5.74, 6) is -1.16. The lowest BCUT2D eigenvalue weighted by Crippen LogP contribution is -2.25. The number of amides is 1. The number of imidazole rings is 1. The van der Waals surface area contributed by atoms with Crippen LogP contribution in [-0.4, -0.2) is 15.3 Å². The Bertz CT molecular complexity index is 1260. The molecule has 2 aromatic carbocycles. The molecule has 1 amide bonds. The molecule has 30 heavy (non-hydrogen) atoms.